The third-order valence-electron chi connectivity index (χ3n) is 5.58. The van der Waals surface area contributed by atoms with Crippen molar-refractivity contribution in [3.05, 3.63) is 34.9 Å². The molecule has 0 radical (unpaired) electrons. The molecule has 0 spiro atoms. The van der Waals surface area contributed by atoms with E-state index in [4.69, 9.17) is 11.5 Å². The fraction of sp³-hybridized carbons (Fsp3) is 0.522. The van der Waals surface area contributed by atoms with Crippen LogP contribution in [0.3, 0.4) is 0 Å². The molecule has 0 amide bonds. The number of benzene rings is 1. The molecule has 0 saturated heterocycles. The lowest BCUT2D eigenvalue weighted by Crippen LogP contribution is -2.57. The lowest BCUT2D eigenvalue weighted by molar-refractivity contribution is -0.137. The number of carbonyl (C=O) groups excluding carboxylic acids is 4. The van der Waals surface area contributed by atoms with Gasteiger partial charge in [0.1, 0.15) is 0 Å². The summed E-state index contributed by atoms with van der Waals surface area (Å²) in [6.07, 6.45) is 0.678. The van der Waals surface area contributed by atoms with Gasteiger partial charge in [-0.3, -0.25) is 29.5 Å². The Kier molecular flexibility index (Phi) is 10.5. The zero-order valence-corrected chi connectivity index (χ0v) is 19.9. The van der Waals surface area contributed by atoms with Crippen LogP contribution in [0.5, 0.6) is 0 Å². The van der Waals surface area contributed by atoms with Crippen molar-refractivity contribution in [2.45, 2.75) is 52.2 Å². The number of rotatable bonds is 5. The monoisotopic (exact) mass is 473 g/mol. The van der Waals surface area contributed by atoms with Crippen molar-refractivity contribution in [3.63, 3.8) is 0 Å². The van der Waals surface area contributed by atoms with Gasteiger partial charge in [0, 0.05) is 25.3 Å². The van der Waals surface area contributed by atoms with Crippen LogP contribution in [-0.2, 0) is 20.9 Å². The predicted molar refractivity (Wildman–Crippen MR) is 129 cm³/mol. The molecule has 2 atom stereocenters. The van der Waals surface area contributed by atoms with Crippen molar-refractivity contribution in [1.29, 1.82) is 0 Å². The molecule has 0 aromatic heterocycles. The summed E-state index contributed by atoms with van der Waals surface area (Å²) in [6.45, 7) is 6.35. The molecule has 1 aromatic carbocycles. The number of hydrazine groups is 1. The summed E-state index contributed by atoms with van der Waals surface area (Å²) < 4.78 is 0. The number of nitrogens with zero attached hydrogens (tertiary/aromatic N) is 1. The molecule has 0 saturated carbocycles. The Bertz CT molecular complexity index is 941. The minimum Gasteiger partial charge on any atom is -0.370 e. The van der Waals surface area contributed by atoms with Gasteiger partial charge in [-0.25, -0.2) is 10.9 Å². The van der Waals surface area contributed by atoms with Gasteiger partial charge in [-0.1, -0.05) is 26.0 Å². The average molecular weight is 474 g/mol. The maximum absolute atomic E-state index is 13.1. The van der Waals surface area contributed by atoms with E-state index in [0.717, 1.165) is 11.1 Å². The Morgan fingerprint density at radius 1 is 1.06 bits per heavy atom. The van der Waals surface area contributed by atoms with Crippen LogP contribution in [0, 0.1) is 12.8 Å². The van der Waals surface area contributed by atoms with Crippen LogP contribution >= 0.6 is 0 Å². The van der Waals surface area contributed by atoms with E-state index in [0.29, 0.717) is 18.5 Å². The van der Waals surface area contributed by atoms with Gasteiger partial charge in [0.05, 0.1) is 18.6 Å². The highest BCUT2D eigenvalue weighted by Crippen LogP contribution is 2.14. The molecule has 1 aliphatic heterocycles. The minimum absolute atomic E-state index is 0.0635. The van der Waals surface area contributed by atoms with Gasteiger partial charge in [-0.2, -0.15) is 0 Å². The molecule has 11 nitrogen and oxygen atoms in total. The number of nitrogens with two attached hydrogens (primary N) is 2. The number of fused-ring (bicyclic) bond motifs is 2. The second-order valence-corrected chi connectivity index (χ2v) is 8.66. The molecule has 186 valence electrons. The number of aryl methyl sites for hydroxylation is 1. The molecule has 2 rings (SSSR count). The molecule has 11 heteroatoms. The third kappa shape index (κ3) is 7.80. The summed E-state index contributed by atoms with van der Waals surface area (Å²) in [5, 5.41) is 6.05. The first-order valence-corrected chi connectivity index (χ1v) is 11.3. The summed E-state index contributed by atoms with van der Waals surface area (Å²) >= 11 is 0. The Labute approximate surface area is 199 Å². The van der Waals surface area contributed by atoms with Gasteiger partial charge in [-0.15, -0.1) is 0 Å². The maximum atomic E-state index is 13.1. The minimum atomic E-state index is -0.917. The Hall–Kier alpha value is -2.99. The SMILES string of the molecule is Cc1ccc2cc1CNCNCC(=O)C(=O)[C@H](CCCN=C(N)N)NN[C@@H](C(C)C)C(=O)C2=O. The van der Waals surface area contributed by atoms with Gasteiger partial charge >= 0.3 is 0 Å². The highest BCUT2D eigenvalue weighted by atomic mass is 16.2. The summed E-state index contributed by atoms with van der Waals surface area (Å²) in [4.78, 5) is 55.3. The first-order chi connectivity index (χ1) is 16.1. The molecular weight excluding hydrogens is 438 g/mol. The fourth-order valence-corrected chi connectivity index (χ4v) is 3.53. The zero-order valence-electron chi connectivity index (χ0n) is 19.9. The Morgan fingerprint density at radius 2 is 1.76 bits per heavy atom. The highest BCUT2D eigenvalue weighted by molar-refractivity contribution is 6.45. The maximum Gasteiger partial charge on any atom is 0.230 e. The topological polar surface area (TPSA) is 181 Å². The number of hydrogen-bond donors (Lipinski definition) is 6. The number of guanidine groups is 1. The number of Topliss-reactive ketones (excluding diaryl/α,β-unsaturated/α-hetero) is 4. The van der Waals surface area contributed by atoms with Crippen LogP contribution in [0.1, 0.15) is 48.2 Å². The van der Waals surface area contributed by atoms with E-state index >= 15 is 0 Å². The Balaban J connectivity index is 2.30. The van der Waals surface area contributed by atoms with E-state index in [1.54, 1.807) is 32.0 Å². The molecule has 1 heterocycles. The molecule has 8 N–H and O–H groups in total. The quantitative estimate of drug-likeness (QED) is 0.135. The van der Waals surface area contributed by atoms with E-state index < -0.39 is 35.2 Å². The second-order valence-electron chi connectivity index (χ2n) is 8.66. The fourth-order valence-electron chi connectivity index (χ4n) is 3.53. The predicted octanol–water partition coefficient (Wildman–Crippen LogP) is -0.924. The van der Waals surface area contributed by atoms with Crippen molar-refractivity contribution in [2.24, 2.45) is 22.4 Å². The smallest absolute Gasteiger partial charge is 0.230 e. The summed E-state index contributed by atoms with van der Waals surface area (Å²) in [6, 6.07) is 3.34. The van der Waals surface area contributed by atoms with Gasteiger partial charge in [0.25, 0.3) is 0 Å². The standard InChI is InChI=1S/C23H35N7O4/c1-13(2)19-22(34)20(32)15-7-6-14(3)16(9-15)10-26-12-27-11-18(31)21(33)17(29-30-19)5-4-8-28-23(24)25/h6-7,9,13,17,19,26-27,29-30H,4-5,8,10-12H2,1-3H3,(H4,24,25,28)/t17-,19-/m0/s1. The van der Waals surface area contributed by atoms with Crippen molar-refractivity contribution >= 4 is 29.1 Å². The second kappa shape index (κ2) is 13.0. The molecule has 1 aromatic rings. The molecule has 34 heavy (non-hydrogen) atoms. The molecule has 1 aliphatic rings. The highest BCUT2D eigenvalue weighted by Gasteiger charge is 2.31. The van der Waals surface area contributed by atoms with Crippen LogP contribution in [0.15, 0.2) is 23.2 Å². The number of hydrogen-bond acceptors (Lipinski definition) is 9. The third-order valence-corrected chi connectivity index (χ3v) is 5.58. The van der Waals surface area contributed by atoms with Crippen LogP contribution in [0.4, 0.5) is 0 Å². The first-order valence-electron chi connectivity index (χ1n) is 11.3. The van der Waals surface area contributed by atoms with Crippen LogP contribution < -0.4 is 33.0 Å². The number of ketones is 4. The normalized spacial score (nSPS) is 21.1. The lowest BCUT2D eigenvalue weighted by Gasteiger charge is -2.25. The zero-order chi connectivity index (χ0) is 25.3. The number of nitrogens with one attached hydrogen (secondary N) is 4. The molecule has 0 fully saturated rings. The summed E-state index contributed by atoms with van der Waals surface area (Å²) in [5.41, 5.74) is 18.5. The van der Waals surface area contributed by atoms with E-state index in [9.17, 15) is 19.2 Å². The summed E-state index contributed by atoms with van der Waals surface area (Å²) in [5.74, 6) is -2.81. The van der Waals surface area contributed by atoms with Gasteiger partial charge in [0.2, 0.25) is 23.1 Å². The molecular formula is C23H35N7O4. The molecule has 2 bridgehead atoms. The van der Waals surface area contributed by atoms with Crippen LogP contribution in [0.25, 0.3) is 0 Å². The van der Waals surface area contributed by atoms with E-state index in [1.165, 1.54) is 0 Å². The lowest BCUT2D eigenvalue weighted by atomic mass is 9.93. The van der Waals surface area contributed by atoms with Crippen molar-refractivity contribution in [2.75, 3.05) is 19.8 Å². The van der Waals surface area contributed by atoms with Crippen LogP contribution in [0.2, 0.25) is 0 Å². The van der Waals surface area contributed by atoms with Gasteiger partial charge < -0.3 is 16.8 Å². The first kappa shape index (κ1) is 27.3. The van der Waals surface area contributed by atoms with Crippen molar-refractivity contribution < 1.29 is 19.2 Å². The summed E-state index contributed by atoms with van der Waals surface area (Å²) in [7, 11) is 0. The van der Waals surface area contributed by atoms with E-state index in [1.807, 2.05) is 6.92 Å². The Morgan fingerprint density at radius 3 is 2.44 bits per heavy atom. The van der Waals surface area contributed by atoms with Gasteiger partial charge in [-0.05, 0) is 42.9 Å². The van der Waals surface area contributed by atoms with Crippen LogP contribution in [-0.4, -0.2) is 60.9 Å². The van der Waals surface area contributed by atoms with Gasteiger partial charge in [0.15, 0.2) is 5.96 Å². The number of carbonyl (C=O) groups is 4. The van der Waals surface area contributed by atoms with Crippen molar-refractivity contribution in [3.8, 4) is 0 Å². The molecule has 0 unspecified atom stereocenters. The number of aliphatic imine (C=N–C) groups is 1. The van der Waals surface area contributed by atoms with E-state index in [-0.39, 0.29) is 38.1 Å². The average Bonchev–Trinajstić information content (AvgIpc) is 2.79. The largest absolute Gasteiger partial charge is 0.370 e. The molecule has 0 aliphatic carbocycles. The van der Waals surface area contributed by atoms with Crippen molar-refractivity contribution in [1.82, 2.24) is 21.5 Å². The van der Waals surface area contributed by atoms with E-state index in [2.05, 4.69) is 26.5 Å².